The third-order valence-electron chi connectivity index (χ3n) is 2.75. The van der Waals surface area contributed by atoms with Crippen molar-refractivity contribution in [2.75, 3.05) is 0 Å². The summed E-state index contributed by atoms with van der Waals surface area (Å²) in [5, 5.41) is 11.4. The number of carbonyl (C=O) groups is 1. The molecule has 0 radical (unpaired) electrons. The second kappa shape index (κ2) is 6.10. The van der Waals surface area contributed by atoms with E-state index in [2.05, 4.69) is 5.32 Å². The molecule has 0 aliphatic heterocycles. The highest BCUT2D eigenvalue weighted by Gasteiger charge is 2.22. The van der Waals surface area contributed by atoms with E-state index in [1.807, 2.05) is 6.07 Å². The van der Waals surface area contributed by atoms with Crippen LogP contribution in [0, 0.1) is 23.0 Å². The highest BCUT2D eigenvalue weighted by molar-refractivity contribution is 5.92. The second-order valence-electron chi connectivity index (χ2n) is 4.26. The van der Waals surface area contributed by atoms with Crippen molar-refractivity contribution >= 4 is 12.0 Å². The smallest absolute Gasteiger partial charge is 0.245 e. The molecule has 0 saturated heterocycles. The average molecular weight is 264 g/mol. The fourth-order valence-electron chi connectivity index (χ4n) is 1.34. The molecule has 100 valence electrons. The maximum absolute atomic E-state index is 13.3. The molecule has 0 fully saturated rings. The van der Waals surface area contributed by atoms with Gasteiger partial charge >= 0.3 is 0 Å². The van der Waals surface area contributed by atoms with Gasteiger partial charge in [-0.25, -0.2) is 8.78 Å². The molecular formula is C14H14F2N2O. The van der Waals surface area contributed by atoms with Crippen LogP contribution in [-0.2, 0) is 4.79 Å². The van der Waals surface area contributed by atoms with Gasteiger partial charge in [0, 0.05) is 11.6 Å². The maximum atomic E-state index is 13.3. The van der Waals surface area contributed by atoms with E-state index in [1.54, 1.807) is 13.8 Å². The van der Waals surface area contributed by atoms with Crippen LogP contribution >= 0.6 is 0 Å². The van der Waals surface area contributed by atoms with Crippen molar-refractivity contribution in [1.29, 1.82) is 5.26 Å². The fourth-order valence-corrected chi connectivity index (χ4v) is 1.34. The Bertz CT molecular complexity index is 529. The van der Waals surface area contributed by atoms with E-state index in [4.69, 9.17) is 5.26 Å². The number of benzene rings is 1. The highest BCUT2D eigenvalue weighted by atomic mass is 19.1. The predicted octanol–water partition coefficient (Wildman–Crippen LogP) is 2.79. The van der Waals surface area contributed by atoms with Crippen LogP contribution in [0.1, 0.15) is 25.8 Å². The van der Waals surface area contributed by atoms with Gasteiger partial charge < -0.3 is 5.32 Å². The van der Waals surface area contributed by atoms with Crippen molar-refractivity contribution in [3.63, 3.8) is 0 Å². The van der Waals surface area contributed by atoms with Crippen molar-refractivity contribution in [3.05, 3.63) is 41.5 Å². The Hall–Kier alpha value is -2.22. The molecule has 19 heavy (non-hydrogen) atoms. The third-order valence-corrected chi connectivity index (χ3v) is 2.75. The number of hydrogen-bond acceptors (Lipinski definition) is 2. The Labute approximate surface area is 110 Å². The van der Waals surface area contributed by atoms with Gasteiger partial charge in [-0.2, -0.15) is 5.26 Å². The number of nitrogens with zero attached hydrogens (tertiary/aromatic N) is 1. The monoisotopic (exact) mass is 264 g/mol. The molecule has 1 amide bonds. The number of halogens is 2. The van der Waals surface area contributed by atoms with Crippen molar-refractivity contribution in [1.82, 2.24) is 5.32 Å². The van der Waals surface area contributed by atoms with Crippen LogP contribution in [0.3, 0.4) is 0 Å². The summed E-state index contributed by atoms with van der Waals surface area (Å²) in [5.74, 6) is -2.07. The SMILES string of the molecule is CCC(C)(C#N)NC(=O)C=Cc1c(F)cccc1F. The molecule has 1 aromatic carbocycles. The fraction of sp³-hybridized carbons (Fsp3) is 0.286. The number of rotatable bonds is 4. The Morgan fingerprint density at radius 1 is 1.47 bits per heavy atom. The minimum atomic E-state index is -0.991. The van der Waals surface area contributed by atoms with E-state index < -0.39 is 23.1 Å². The predicted molar refractivity (Wildman–Crippen MR) is 67.8 cm³/mol. The zero-order valence-electron chi connectivity index (χ0n) is 10.7. The summed E-state index contributed by atoms with van der Waals surface area (Å²) in [5.41, 5.74) is -1.28. The minimum Gasteiger partial charge on any atom is -0.334 e. The quantitative estimate of drug-likeness (QED) is 0.850. The van der Waals surface area contributed by atoms with Gasteiger partial charge in [0.05, 0.1) is 6.07 Å². The summed E-state index contributed by atoms with van der Waals surface area (Å²) >= 11 is 0. The summed E-state index contributed by atoms with van der Waals surface area (Å²) in [6.45, 7) is 3.33. The lowest BCUT2D eigenvalue weighted by molar-refractivity contribution is -0.117. The number of nitriles is 1. The van der Waals surface area contributed by atoms with Gasteiger partial charge in [0.1, 0.15) is 17.2 Å². The zero-order chi connectivity index (χ0) is 14.5. The lowest BCUT2D eigenvalue weighted by Crippen LogP contribution is -2.43. The topological polar surface area (TPSA) is 52.9 Å². The van der Waals surface area contributed by atoms with Crippen LogP contribution in [0.2, 0.25) is 0 Å². The Kier molecular flexibility index (Phi) is 4.76. The third kappa shape index (κ3) is 3.88. The van der Waals surface area contributed by atoms with Gasteiger partial charge in [-0.1, -0.05) is 13.0 Å². The van der Waals surface area contributed by atoms with E-state index in [0.29, 0.717) is 6.42 Å². The molecule has 3 nitrogen and oxygen atoms in total. The second-order valence-corrected chi connectivity index (χ2v) is 4.26. The van der Waals surface area contributed by atoms with Crippen LogP contribution in [0.25, 0.3) is 6.08 Å². The highest BCUT2D eigenvalue weighted by Crippen LogP contribution is 2.14. The molecule has 1 aromatic rings. The van der Waals surface area contributed by atoms with Crippen molar-refractivity contribution in [3.8, 4) is 6.07 Å². The number of amides is 1. The van der Waals surface area contributed by atoms with Crippen molar-refractivity contribution in [2.45, 2.75) is 25.8 Å². The number of carbonyl (C=O) groups excluding carboxylic acids is 1. The first-order valence-electron chi connectivity index (χ1n) is 5.77. The Morgan fingerprint density at radius 2 is 2.05 bits per heavy atom. The molecule has 0 saturated carbocycles. The molecule has 1 N–H and O–H groups in total. The number of hydrogen-bond donors (Lipinski definition) is 1. The first-order valence-corrected chi connectivity index (χ1v) is 5.77. The largest absolute Gasteiger partial charge is 0.334 e. The molecule has 0 aliphatic carbocycles. The van der Waals surface area contributed by atoms with Crippen LogP contribution < -0.4 is 5.32 Å². The van der Waals surface area contributed by atoms with Crippen LogP contribution in [-0.4, -0.2) is 11.4 Å². The summed E-state index contributed by atoms with van der Waals surface area (Å²) in [7, 11) is 0. The van der Waals surface area contributed by atoms with Gasteiger partial charge in [-0.15, -0.1) is 0 Å². The van der Waals surface area contributed by atoms with Gasteiger partial charge in [0.25, 0.3) is 0 Å². The van der Waals surface area contributed by atoms with Crippen LogP contribution in [0.5, 0.6) is 0 Å². The zero-order valence-corrected chi connectivity index (χ0v) is 10.7. The summed E-state index contributed by atoms with van der Waals surface area (Å²) in [6.07, 6.45) is 2.48. The molecule has 0 heterocycles. The van der Waals surface area contributed by atoms with Crippen LogP contribution in [0.15, 0.2) is 24.3 Å². The Morgan fingerprint density at radius 3 is 2.53 bits per heavy atom. The van der Waals surface area contributed by atoms with E-state index >= 15 is 0 Å². The first kappa shape index (κ1) is 14.8. The molecule has 1 rings (SSSR count). The van der Waals surface area contributed by atoms with E-state index in [0.717, 1.165) is 24.3 Å². The summed E-state index contributed by atoms with van der Waals surface area (Å²) in [6, 6.07) is 5.41. The van der Waals surface area contributed by atoms with Gasteiger partial charge in [-0.05, 0) is 31.6 Å². The minimum absolute atomic E-state index is 0.284. The molecule has 0 aromatic heterocycles. The van der Waals surface area contributed by atoms with E-state index in [9.17, 15) is 13.6 Å². The van der Waals surface area contributed by atoms with E-state index in [1.165, 1.54) is 6.07 Å². The van der Waals surface area contributed by atoms with Crippen molar-refractivity contribution in [2.24, 2.45) is 0 Å². The normalized spacial score (nSPS) is 13.8. The van der Waals surface area contributed by atoms with Gasteiger partial charge in [-0.3, -0.25) is 4.79 Å². The molecule has 1 unspecified atom stereocenters. The van der Waals surface area contributed by atoms with Crippen LogP contribution in [0.4, 0.5) is 8.78 Å². The standard InChI is InChI=1S/C14H14F2N2O/c1-3-14(2,9-17)18-13(19)8-7-10-11(15)5-4-6-12(10)16/h4-8H,3H2,1-2H3,(H,18,19). The number of nitrogens with one attached hydrogen (secondary N) is 1. The molecule has 0 aliphatic rings. The van der Waals surface area contributed by atoms with E-state index in [-0.39, 0.29) is 5.56 Å². The molecule has 0 bridgehead atoms. The molecule has 5 heteroatoms. The van der Waals surface area contributed by atoms with Crippen molar-refractivity contribution < 1.29 is 13.6 Å². The molecular weight excluding hydrogens is 250 g/mol. The summed E-state index contributed by atoms with van der Waals surface area (Å²) < 4.78 is 26.6. The lowest BCUT2D eigenvalue weighted by atomic mass is 10.0. The first-order chi connectivity index (χ1) is 8.91. The molecule has 0 spiro atoms. The maximum Gasteiger partial charge on any atom is 0.245 e. The lowest BCUT2D eigenvalue weighted by Gasteiger charge is -2.19. The van der Waals surface area contributed by atoms with Gasteiger partial charge in [0.2, 0.25) is 5.91 Å². The average Bonchev–Trinajstić information content (AvgIpc) is 2.38. The Balaban J connectivity index is 2.83. The van der Waals surface area contributed by atoms with Gasteiger partial charge in [0.15, 0.2) is 0 Å². The molecule has 1 atom stereocenters. The summed E-state index contributed by atoms with van der Waals surface area (Å²) in [4.78, 5) is 11.6.